The first kappa shape index (κ1) is 22.8. The lowest BCUT2D eigenvalue weighted by Gasteiger charge is -2.17. The Hall–Kier alpha value is -3.88. The molecule has 3 rings (SSSR count). The Kier molecular flexibility index (Phi) is 7.09. The summed E-state index contributed by atoms with van der Waals surface area (Å²) in [5.41, 5.74) is 8.26. The zero-order chi connectivity index (χ0) is 23.3. The number of anilines is 1. The molecule has 168 valence electrons. The summed E-state index contributed by atoms with van der Waals surface area (Å²) >= 11 is 0. The lowest BCUT2D eigenvalue weighted by molar-refractivity contribution is -0.139. The van der Waals surface area contributed by atoms with Crippen molar-refractivity contribution >= 4 is 29.3 Å². The molecule has 1 aliphatic rings. The van der Waals surface area contributed by atoms with Gasteiger partial charge in [-0.05, 0) is 61.7 Å². The average molecular weight is 438 g/mol. The Labute approximate surface area is 185 Å². The summed E-state index contributed by atoms with van der Waals surface area (Å²) in [7, 11) is 0. The number of aryl methyl sites for hydroxylation is 1. The number of nitrogen functional groups attached to an aromatic ring is 1. The van der Waals surface area contributed by atoms with Crippen LogP contribution in [0.15, 0.2) is 36.4 Å². The second-order valence-electron chi connectivity index (χ2n) is 7.67. The number of hydrogen-bond donors (Lipinski definition) is 4. The van der Waals surface area contributed by atoms with E-state index in [1.54, 1.807) is 18.2 Å². The zero-order valence-corrected chi connectivity index (χ0v) is 17.8. The maximum atomic E-state index is 12.6. The fraction of sp³-hybridized carbons (Fsp3) is 0.304. The van der Waals surface area contributed by atoms with Crippen molar-refractivity contribution in [2.24, 2.45) is 5.73 Å². The lowest BCUT2D eigenvalue weighted by Crippen LogP contribution is -2.28. The van der Waals surface area contributed by atoms with Gasteiger partial charge in [-0.25, -0.2) is 4.79 Å². The predicted octanol–water partition coefficient (Wildman–Crippen LogP) is 2.16. The minimum atomic E-state index is -1.14. The number of carbonyl (C=O) groups excluding carboxylic acids is 2. The highest BCUT2D eigenvalue weighted by atomic mass is 16.5. The first-order chi connectivity index (χ1) is 15.2. The van der Waals surface area contributed by atoms with Gasteiger partial charge in [-0.1, -0.05) is 0 Å². The molecule has 0 bridgehead atoms. The van der Waals surface area contributed by atoms with E-state index < -0.39 is 12.6 Å². The maximum absolute atomic E-state index is 12.6. The van der Waals surface area contributed by atoms with Crippen LogP contribution < -0.4 is 15.8 Å². The molecule has 2 amide bonds. The van der Waals surface area contributed by atoms with Crippen molar-refractivity contribution in [1.82, 2.24) is 4.90 Å². The summed E-state index contributed by atoms with van der Waals surface area (Å²) in [5.74, 6) is -1.45. The second-order valence-corrected chi connectivity index (χ2v) is 7.67. The normalized spacial score (nSPS) is 13.0. The molecule has 9 heteroatoms. The fourth-order valence-electron chi connectivity index (χ4n) is 3.62. The van der Waals surface area contributed by atoms with Gasteiger partial charge in [0.15, 0.2) is 6.61 Å². The van der Waals surface area contributed by atoms with Crippen LogP contribution >= 0.6 is 0 Å². The Morgan fingerprint density at radius 1 is 1.16 bits per heavy atom. The number of likely N-dealkylation sites (tertiary alicyclic amines) is 1. The van der Waals surface area contributed by atoms with Gasteiger partial charge in [0.2, 0.25) is 5.91 Å². The van der Waals surface area contributed by atoms with Gasteiger partial charge in [0, 0.05) is 35.5 Å². The first-order valence-electron chi connectivity index (χ1n) is 10.3. The smallest absolute Gasteiger partial charge is 0.341 e. The number of nitrogens with one attached hydrogen (secondary N) is 2. The van der Waals surface area contributed by atoms with Crippen molar-refractivity contribution in [3.05, 3.63) is 58.7 Å². The number of benzene rings is 2. The molecule has 5 N–H and O–H groups in total. The molecule has 9 nitrogen and oxygen atoms in total. The molecule has 0 unspecified atom stereocenters. The van der Waals surface area contributed by atoms with Gasteiger partial charge in [-0.15, -0.1) is 0 Å². The third-order valence-electron chi connectivity index (χ3n) is 5.21. The highest BCUT2D eigenvalue weighted by molar-refractivity contribution is 5.98. The Morgan fingerprint density at radius 2 is 1.88 bits per heavy atom. The summed E-state index contributed by atoms with van der Waals surface area (Å²) in [4.78, 5) is 37.9. The van der Waals surface area contributed by atoms with Gasteiger partial charge < -0.3 is 25.8 Å². The number of amides is 2. The number of aliphatic carboxylic acids is 1. The maximum Gasteiger partial charge on any atom is 0.341 e. The van der Waals surface area contributed by atoms with Crippen molar-refractivity contribution in [1.29, 1.82) is 5.41 Å². The number of rotatable bonds is 8. The van der Waals surface area contributed by atoms with Crippen LogP contribution in [0.4, 0.5) is 5.69 Å². The van der Waals surface area contributed by atoms with Crippen molar-refractivity contribution in [2.75, 3.05) is 25.0 Å². The number of nitrogens with zero attached hydrogens (tertiary/aromatic N) is 1. The van der Waals surface area contributed by atoms with Crippen molar-refractivity contribution < 1.29 is 24.2 Å². The molecule has 2 aromatic carbocycles. The topological polar surface area (TPSA) is 146 Å². The standard InChI is InChI=1S/C23H26N4O5/c1-14-10-17(5-6-18(14)23(31)27-8-2-3-9-27)26-20(28)12-16-11-15(22(24)25)4-7-19(16)32-13-21(29)30/h4-7,10-11H,2-3,8-9,12-13H2,1H3,(H3,24,25)(H,26,28)(H,29,30). The number of hydrogen-bond acceptors (Lipinski definition) is 5. The molecule has 2 aromatic rings. The quantitative estimate of drug-likeness (QED) is 0.367. The van der Waals surface area contributed by atoms with Crippen molar-refractivity contribution in [2.45, 2.75) is 26.2 Å². The molecule has 0 atom stereocenters. The third-order valence-corrected chi connectivity index (χ3v) is 5.21. The van der Waals surface area contributed by atoms with Crippen LogP contribution in [0, 0.1) is 12.3 Å². The summed E-state index contributed by atoms with van der Waals surface area (Å²) in [6, 6.07) is 9.69. The van der Waals surface area contributed by atoms with Gasteiger partial charge >= 0.3 is 5.97 Å². The van der Waals surface area contributed by atoms with Gasteiger partial charge in [-0.2, -0.15) is 0 Å². The molecule has 0 spiro atoms. The molecule has 0 radical (unpaired) electrons. The SMILES string of the molecule is Cc1cc(NC(=O)Cc2cc(C(=N)N)ccc2OCC(=O)O)ccc1C(=O)N1CCCC1. The summed E-state index contributed by atoms with van der Waals surface area (Å²) < 4.78 is 5.26. The molecule has 1 aliphatic heterocycles. The minimum Gasteiger partial charge on any atom is -0.482 e. The van der Waals surface area contributed by atoms with Gasteiger partial charge in [0.25, 0.3) is 5.91 Å². The number of amidine groups is 1. The third kappa shape index (κ3) is 5.63. The van der Waals surface area contributed by atoms with Crippen LogP contribution in [0.25, 0.3) is 0 Å². The summed E-state index contributed by atoms with van der Waals surface area (Å²) in [6.45, 7) is 2.80. The van der Waals surface area contributed by atoms with E-state index in [2.05, 4.69) is 5.32 Å². The number of carbonyl (C=O) groups is 3. The first-order valence-corrected chi connectivity index (χ1v) is 10.3. The molecule has 0 saturated carbocycles. The highest BCUT2D eigenvalue weighted by Gasteiger charge is 2.21. The second kappa shape index (κ2) is 9.95. The molecular formula is C23H26N4O5. The van der Waals surface area contributed by atoms with E-state index in [4.69, 9.17) is 21.0 Å². The van der Waals surface area contributed by atoms with Crippen LogP contribution in [-0.2, 0) is 16.0 Å². The molecular weight excluding hydrogens is 412 g/mol. The molecule has 1 heterocycles. The van der Waals surface area contributed by atoms with Gasteiger partial charge in [-0.3, -0.25) is 15.0 Å². The number of carboxylic acid groups (broad SMARTS) is 1. The molecule has 0 aliphatic carbocycles. The van der Waals surface area contributed by atoms with Crippen LogP contribution in [0.2, 0.25) is 0 Å². The Morgan fingerprint density at radius 3 is 2.50 bits per heavy atom. The largest absolute Gasteiger partial charge is 0.482 e. The van der Waals surface area contributed by atoms with Crippen LogP contribution in [-0.4, -0.2) is 53.3 Å². The van der Waals surface area contributed by atoms with E-state index in [-0.39, 0.29) is 29.8 Å². The van der Waals surface area contributed by atoms with E-state index in [1.165, 1.54) is 18.2 Å². The van der Waals surface area contributed by atoms with Crippen LogP contribution in [0.5, 0.6) is 5.75 Å². The zero-order valence-electron chi connectivity index (χ0n) is 17.8. The molecule has 1 fully saturated rings. The van der Waals surface area contributed by atoms with Crippen molar-refractivity contribution in [3.63, 3.8) is 0 Å². The highest BCUT2D eigenvalue weighted by Crippen LogP contribution is 2.23. The molecule has 0 aromatic heterocycles. The Balaban J connectivity index is 1.72. The number of ether oxygens (including phenoxy) is 1. The molecule has 1 saturated heterocycles. The van der Waals surface area contributed by atoms with E-state index in [0.717, 1.165) is 31.5 Å². The van der Waals surface area contributed by atoms with Gasteiger partial charge in [0.05, 0.1) is 6.42 Å². The van der Waals surface area contributed by atoms with E-state index in [9.17, 15) is 14.4 Å². The fourth-order valence-corrected chi connectivity index (χ4v) is 3.62. The Bertz CT molecular complexity index is 1060. The van der Waals surface area contributed by atoms with E-state index >= 15 is 0 Å². The van der Waals surface area contributed by atoms with Gasteiger partial charge in [0.1, 0.15) is 11.6 Å². The molecule has 32 heavy (non-hydrogen) atoms. The van der Waals surface area contributed by atoms with Crippen LogP contribution in [0.1, 0.15) is 39.9 Å². The van der Waals surface area contributed by atoms with E-state index in [1.807, 2.05) is 11.8 Å². The summed E-state index contributed by atoms with van der Waals surface area (Å²) in [5, 5.41) is 19.2. The number of nitrogens with two attached hydrogens (primary N) is 1. The van der Waals surface area contributed by atoms with Crippen LogP contribution in [0.3, 0.4) is 0 Å². The average Bonchev–Trinajstić information content (AvgIpc) is 3.27. The van der Waals surface area contributed by atoms with E-state index in [0.29, 0.717) is 22.4 Å². The predicted molar refractivity (Wildman–Crippen MR) is 119 cm³/mol. The summed E-state index contributed by atoms with van der Waals surface area (Å²) in [6.07, 6.45) is 1.92. The van der Waals surface area contributed by atoms with Crippen molar-refractivity contribution in [3.8, 4) is 5.75 Å². The minimum absolute atomic E-state index is 0.000791. The monoisotopic (exact) mass is 438 g/mol. The number of carboxylic acids is 1. The lowest BCUT2D eigenvalue weighted by atomic mass is 10.0.